The molecular formula is C27H29F3N2O6. The maximum Gasteiger partial charge on any atom is 0.586 e. The van der Waals surface area contributed by atoms with Gasteiger partial charge in [-0.3, -0.25) is 4.79 Å². The molecule has 3 aromatic rings. The molecule has 1 aliphatic heterocycles. The molecule has 1 amide bonds. The molecule has 1 aliphatic carbocycles. The van der Waals surface area contributed by atoms with Crippen molar-refractivity contribution in [2.24, 2.45) is 0 Å². The van der Waals surface area contributed by atoms with E-state index < -0.39 is 29.5 Å². The van der Waals surface area contributed by atoms with Gasteiger partial charge in [-0.15, -0.1) is 8.78 Å². The number of amides is 1. The first-order valence-corrected chi connectivity index (χ1v) is 12.3. The number of aliphatic hydroxyl groups is 2. The molecule has 4 N–H and O–H groups in total. The van der Waals surface area contributed by atoms with Crippen LogP contribution in [0.4, 0.5) is 18.9 Å². The summed E-state index contributed by atoms with van der Waals surface area (Å²) >= 11 is 0. The monoisotopic (exact) mass is 534 g/mol. The fraction of sp³-hybridized carbons (Fsp3) is 0.444. The number of aromatic nitrogens is 1. The van der Waals surface area contributed by atoms with Gasteiger partial charge < -0.3 is 34.7 Å². The number of alkyl halides is 2. The Morgan fingerprint density at radius 3 is 2.63 bits per heavy atom. The van der Waals surface area contributed by atoms with E-state index in [-0.39, 0.29) is 35.8 Å². The van der Waals surface area contributed by atoms with E-state index in [4.69, 9.17) is 9.84 Å². The van der Waals surface area contributed by atoms with Crippen LogP contribution in [0.3, 0.4) is 0 Å². The lowest BCUT2D eigenvalue weighted by Crippen LogP contribution is -2.28. The van der Waals surface area contributed by atoms with Crippen molar-refractivity contribution in [1.82, 2.24) is 4.98 Å². The van der Waals surface area contributed by atoms with Gasteiger partial charge in [0.2, 0.25) is 5.91 Å². The lowest BCUT2D eigenvalue weighted by Gasteiger charge is -2.23. The maximum atomic E-state index is 15.0. The summed E-state index contributed by atoms with van der Waals surface area (Å²) in [7, 11) is 0. The molecule has 11 heteroatoms. The number of fused-ring (bicyclic) bond motifs is 2. The van der Waals surface area contributed by atoms with E-state index in [9.17, 15) is 18.7 Å². The van der Waals surface area contributed by atoms with Crippen LogP contribution < -0.4 is 14.8 Å². The van der Waals surface area contributed by atoms with Crippen molar-refractivity contribution < 1.29 is 42.4 Å². The normalized spacial score (nSPS) is 18.0. The summed E-state index contributed by atoms with van der Waals surface area (Å²) in [6, 6.07) is 9.03. The molecule has 1 fully saturated rings. The van der Waals surface area contributed by atoms with Gasteiger partial charge in [-0.2, -0.15) is 0 Å². The lowest BCUT2D eigenvalue weighted by molar-refractivity contribution is -0.286. The Labute approximate surface area is 216 Å². The average molecular weight is 535 g/mol. The number of halogens is 3. The van der Waals surface area contributed by atoms with Gasteiger partial charge >= 0.3 is 6.29 Å². The van der Waals surface area contributed by atoms with E-state index in [0.29, 0.717) is 42.3 Å². The molecule has 0 bridgehead atoms. The Kier molecular flexibility index (Phi) is 6.57. The van der Waals surface area contributed by atoms with E-state index in [0.717, 1.165) is 5.69 Å². The van der Waals surface area contributed by atoms with Crippen LogP contribution in [0.15, 0.2) is 36.4 Å². The van der Waals surface area contributed by atoms with Gasteiger partial charge in [0.1, 0.15) is 11.9 Å². The van der Waals surface area contributed by atoms with E-state index in [1.807, 2.05) is 19.9 Å². The summed E-state index contributed by atoms with van der Waals surface area (Å²) in [6.07, 6.45) is -3.10. The molecule has 0 saturated heterocycles. The zero-order chi connectivity index (χ0) is 27.3. The molecule has 1 atom stereocenters. The molecule has 8 nitrogen and oxygen atoms in total. The first-order chi connectivity index (χ1) is 17.9. The van der Waals surface area contributed by atoms with Crippen molar-refractivity contribution in [3.05, 3.63) is 53.5 Å². The standard InChI is InChI=1S/C27H29F3N2O6/c1-25(2,7-8-36-14-17(34)13-33)23-10-15-9-20(18(28)12-19(15)31-23)32-24(35)26(5-6-26)16-3-4-21-22(11-16)38-27(29,30)37-21/h3-4,9-12,17,31,33-34H,5-8,13-14H2,1-2H3,(H,32,35)/t17-/m1/s1. The number of benzene rings is 2. The molecule has 0 spiro atoms. The Hall–Kier alpha value is -3.28. The molecule has 2 aliphatic rings. The van der Waals surface area contributed by atoms with Crippen molar-refractivity contribution in [2.45, 2.75) is 56.3 Å². The Balaban J connectivity index is 1.30. The molecular weight excluding hydrogens is 505 g/mol. The predicted octanol–water partition coefficient (Wildman–Crippen LogP) is 4.34. The second-order valence-corrected chi connectivity index (χ2v) is 10.5. The second kappa shape index (κ2) is 9.48. The Bertz CT molecular complexity index is 1370. The molecule has 38 heavy (non-hydrogen) atoms. The third kappa shape index (κ3) is 5.05. The van der Waals surface area contributed by atoms with E-state index in [1.165, 1.54) is 18.2 Å². The fourth-order valence-electron chi connectivity index (χ4n) is 4.61. The number of aromatic amines is 1. The van der Waals surface area contributed by atoms with E-state index in [2.05, 4.69) is 19.8 Å². The number of carbonyl (C=O) groups excluding carboxylic acids is 1. The number of ether oxygens (including phenoxy) is 3. The summed E-state index contributed by atoms with van der Waals surface area (Å²) < 4.78 is 56.2. The maximum absolute atomic E-state index is 15.0. The minimum absolute atomic E-state index is 0.0192. The van der Waals surface area contributed by atoms with Crippen LogP contribution in [-0.2, 0) is 20.4 Å². The first-order valence-electron chi connectivity index (χ1n) is 12.3. The third-order valence-corrected chi connectivity index (χ3v) is 7.22. The Morgan fingerprint density at radius 1 is 1.18 bits per heavy atom. The summed E-state index contributed by atoms with van der Waals surface area (Å²) in [4.78, 5) is 16.5. The lowest BCUT2D eigenvalue weighted by atomic mass is 9.86. The molecule has 204 valence electrons. The molecule has 2 heterocycles. The van der Waals surface area contributed by atoms with Crippen LogP contribution in [0, 0.1) is 5.82 Å². The van der Waals surface area contributed by atoms with Crippen molar-refractivity contribution in [3.63, 3.8) is 0 Å². The average Bonchev–Trinajstić information content (AvgIpc) is 3.47. The third-order valence-electron chi connectivity index (χ3n) is 7.22. The fourth-order valence-corrected chi connectivity index (χ4v) is 4.61. The van der Waals surface area contributed by atoms with Crippen LogP contribution in [0.2, 0.25) is 0 Å². The molecule has 5 rings (SSSR count). The van der Waals surface area contributed by atoms with Gasteiger partial charge in [0.25, 0.3) is 0 Å². The number of rotatable bonds is 10. The van der Waals surface area contributed by atoms with Gasteiger partial charge in [-0.1, -0.05) is 19.9 Å². The number of hydrogen-bond acceptors (Lipinski definition) is 6. The smallest absolute Gasteiger partial charge is 0.395 e. The highest BCUT2D eigenvalue weighted by Crippen LogP contribution is 2.52. The zero-order valence-electron chi connectivity index (χ0n) is 20.9. The molecule has 2 aromatic carbocycles. The number of anilines is 1. The van der Waals surface area contributed by atoms with Crippen LogP contribution >= 0.6 is 0 Å². The molecule has 1 aromatic heterocycles. The number of aliphatic hydroxyl groups excluding tert-OH is 2. The highest BCUT2D eigenvalue weighted by Gasteiger charge is 2.53. The van der Waals surface area contributed by atoms with Crippen molar-refractivity contribution in [2.75, 3.05) is 25.1 Å². The molecule has 0 unspecified atom stereocenters. The van der Waals surface area contributed by atoms with Crippen LogP contribution in [-0.4, -0.2) is 53.3 Å². The highest BCUT2D eigenvalue weighted by molar-refractivity contribution is 6.02. The number of H-pyrrole nitrogens is 1. The van der Waals surface area contributed by atoms with Gasteiger partial charge in [-0.05, 0) is 49.1 Å². The van der Waals surface area contributed by atoms with Gasteiger partial charge in [0.05, 0.1) is 24.3 Å². The van der Waals surface area contributed by atoms with Crippen molar-refractivity contribution >= 4 is 22.5 Å². The second-order valence-electron chi connectivity index (χ2n) is 10.5. The summed E-state index contributed by atoms with van der Waals surface area (Å²) in [5, 5.41) is 21.7. The highest BCUT2D eigenvalue weighted by atomic mass is 19.3. The zero-order valence-corrected chi connectivity index (χ0v) is 20.9. The minimum atomic E-state index is -3.75. The molecule has 0 radical (unpaired) electrons. The van der Waals surface area contributed by atoms with Crippen molar-refractivity contribution in [1.29, 1.82) is 0 Å². The Morgan fingerprint density at radius 2 is 1.92 bits per heavy atom. The topological polar surface area (TPSA) is 113 Å². The van der Waals surface area contributed by atoms with E-state index in [1.54, 1.807) is 12.1 Å². The number of carbonyl (C=O) groups is 1. The van der Waals surface area contributed by atoms with Gasteiger partial charge in [-0.25, -0.2) is 4.39 Å². The minimum Gasteiger partial charge on any atom is -0.395 e. The van der Waals surface area contributed by atoms with Crippen LogP contribution in [0.5, 0.6) is 11.5 Å². The number of nitrogens with one attached hydrogen (secondary N) is 2. The molecule has 1 saturated carbocycles. The van der Waals surface area contributed by atoms with Gasteiger partial charge in [0, 0.05) is 34.7 Å². The summed E-state index contributed by atoms with van der Waals surface area (Å²) in [5.74, 6) is -1.29. The van der Waals surface area contributed by atoms with Gasteiger partial charge in [0.15, 0.2) is 11.5 Å². The number of hydrogen-bond donors (Lipinski definition) is 4. The SMILES string of the molecule is CC(C)(CCOC[C@H](O)CO)c1cc2cc(NC(=O)C3(c4ccc5c(c4)OC(F)(F)O5)CC3)c(F)cc2[nH]1. The van der Waals surface area contributed by atoms with Crippen LogP contribution in [0.1, 0.15) is 44.4 Å². The van der Waals surface area contributed by atoms with E-state index >= 15 is 4.39 Å². The predicted molar refractivity (Wildman–Crippen MR) is 132 cm³/mol. The quantitative estimate of drug-likeness (QED) is 0.288. The largest absolute Gasteiger partial charge is 0.586 e. The van der Waals surface area contributed by atoms with Crippen LogP contribution in [0.25, 0.3) is 10.9 Å². The first kappa shape index (κ1) is 26.3. The van der Waals surface area contributed by atoms with Crippen molar-refractivity contribution in [3.8, 4) is 11.5 Å². The summed E-state index contributed by atoms with van der Waals surface area (Å²) in [5.41, 5.74) is 0.598. The summed E-state index contributed by atoms with van der Waals surface area (Å²) in [6.45, 7) is 4.02.